The average molecular weight is 343 g/mol. The summed E-state index contributed by atoms with van der Waals surface area (Å²) in [4.78, 5) is 14.2. The van der Waals surface area contributed by atoms with E-state index in [1.807, 2.05) is 11.9 Å². The van der Waals surface area contributed by atoms with Crippen molar-refractivity contribution in [3.8, 4) is 5.75 Å². The van der Waals surface area contributed by atoms with Crippen LogP contribution in [0.4, 0.5) is 0 Å². The second-order valence-corrected chi connectivity index (χ2v) is 6.97. The number of hydrogen-bond donors (Lipinski definition) is 1. The lowest BCUT2D eigenvalue weighted by Gasteiger charge is -2.35. The molecule has 2 unspecified atom stereocenters. The molecule has 2 heterocycles. The van der Waals surface area contributed by atoms with Crippen LogP contribution in [0, 0.1) is 0 Å². The molecule has 0 aromatic heterocycles. The third-order valence-corrected chi connectivity index (χ3v) is 5.18. The van der Waals surface area contributed by atoms with E-state index in [2.05, 4.69) is 5.32 Å². The van der Waals surface area contributed by atoms with Crippen molar-refractivity contribution < 1.29 is 9.53 Å². The number of carbonyl (C=O) groups excluding carboxylic acids is 1. The molecular weight excluding hydrogens is 323 g/mol. The van der Waals surface area contributed by atoms with Crippen LogP contribution in [-0.2, 0) is 4.79 Å². The number of hydrogen-bond acceptors (Lipinski definition) is 3. The van der Waals surface area contributed by atoms with Gasteiger partial charge in [0.05, 0.1) is 5.02 Å². The maximum atomic E-state index is 12.4. The minimum absolute atomic E-state index is 0.0180. The molecule has 2 aliphatic rings. The van der Waals surface area contributed by atoms with Crippen LogP contribution >= 0.6 is 23.2 Å². The summed E-state index contributed by atoms with van der Waals surface area (Å²) < 4.78 is 5.54. The zero-order valence-electron chi connectivity index (χ0n) is 12.5. The molecule has 1 aromatic carbocycles. The maximum absolute atomic E-state index is 12.4. The van der Waals surface area contributed by atoms with E-state index >= 15 is 0 Å². The predicted octanol–water partition coefficient (Wildman–Crippen LogP) is 3.11. The first-order valence-corrected chi connectivity index (χ1v) is 8.38. The Bertz CT molecular complexity index is 555. The number of halogens is 2. The van der Waals surface area contributed by atoms with Crippen LogP contribution in [-0.4, -0.2) is 42.6 Å². The molecule has 22 heavy (non-hydrogen) atoms. The molecule has 2 aliphatic heterocycles. The van der Waals surface area contributed by atoms with Crippen molar-refractivity contribution in [3.63, 3.8) is 0 Å². The number of nitrogens with zero attached hydrogens (tertiary/aromatic N) is 1. The predicted molar refractivity (Wildman–Crippen MR) is 87.7 cm³/mol. The number of ether oxygens (including phenoxy) is 1. The number of fused-ring (bicyclic) bond motifs is 2. The lowest BCUT2D eigenvalue weighted by molar-refractivity contribution is -0.134. The fourth-order valence-electron chi connectivity index (χ4n) is 3.38. The van der Waals surface area contributed by atoms with Crippen molar-refractivity contribution in [2.45, 2.75) is 43.8 Å². The van der Waals surface area contributed by atoms with Gasteiger partial charge in [-0.15, -0.1) is 0 Å². The zero-order valence-corrected chi connectivity index (χ0v) is 14.0. The first-order chi connectivity index (χ1) is 10.5. The molecule has 1 N–H and O–H groups in total. The number of rotatable bonds is 4. The van der Waals surface area contributed by atoms with Crippen molar-refractivity contribution in [1.82, 2.24) is 10.2 Å². The van der Waals surface area contributed by atoms with E-state index in [0.29, 0.717) is 33.9 Å². The number of likely N-dealkylation sites (N-methyl/N-ethyl adjacent to an activating group) is 1. The van der Waals surface area contributed by atoms with Gasteiger partial charge in [0.1, 0.15) is 5.75 Å². The first-order valence-electron chi connectivity index (χ1n) is 7.62. The van der Waals surface area contributed by atoms with Crippen LogP contribution < -0.4 is 10.1 Å². The van der Waals surface area contributed by atoms with Gasteiger partial charge in [0.25, 0.3) is 5.91 Å². The molecule has 120 valence electrons. The molecule has 1 aromatic rings. The van der Waals surface area contributed by atoms with Gasteiger partial charge in [-0.2, -0.15) is 0 Å². The number of carbonyl (C=O) groups is 1. The standard InChI is InChI=1S/C16H20Cl2N2O2/c1-20(13-7-11-3-4-12(8-13)19-11)16(21)9-22-15-6-10(17)2-5-14(15)18/h2,5-6,11-13,19H,3-4,7-9H2,1H3. The molecule has 0 saturated carbocycles. The molecule has 3 rings (SSSR count). The third kappa shape index (κ3) is 3.50. The summed E-state index contributed by atoms with van der Waals surface area (Å²) in [6.45, 7) is -0.0180. The minimum Gasteiger partial charge on any atom is -0.482 e. The molecule has 2 saturated heterocycles. The van der Waals surface area contributed by atoms with E-state index in [-0.39, 0.29) is 12.5 Å². The molecular formula is C16H20Cl2N2O2. The van der Waals surface area contributed by atoms with E-state index in [1.54, 1.807) is 18.2 Å². The van der Waals surface area contributed by atoms with Crippen LogP contribution in [0.15, 0.2) is 18.2 Å². The Hall–Kier alpha value is -0.970. The van der Waals surface area contributed by atoms with E-state index in [9.17, 15) is 4.79 Å². The van der Waals surface area contributed by atoms with E-state index in [1.165, 1.54) is 12.8 Å². The van der Waals surface area contributed by atoms with Gasteiger partial charge in [0.15, 0.2) is 6.61 Å². The summed E-state index contributed by atoms with van der Waals surface area (Å²) in [5.41, 5.74) is 0. The summed E-state index contributed by atoms with van der Waals surface area (Å²) in [5, 5.41) is 4.58. The molecule has 0 radical (unpaired) electrons. The highest BCUT2D eigenvalue weighted by atomic mass is 35.5. The van der Waals surface area contributed by atoms with Crippen LogP contribution in [0.5, 0.6) is 5.75 Å². The summed E-state index contributed by atoms with van der Waals surface area (Å²) in [7, 11) is 1.86. The summed E-state index contributed by atoms with van der Waals surface area (Å²) in [6, 6.07) is 6.39. The lowest BCUT2D eigenvalue weighted by atomic mass is 9.98. The normalized spacial score (nSPS) is 26.8. The van der Waals surface area contributed by atoms with Crippen LogP contribution in [0.3, 0.4) is 0 Å². The number of piperidine rings is 1. The fourth-order valence-corrected chi connectivity index (χ4v) is 3.71. The van der Waals surface area contributed by atoms with Crippen LogP contribution in [0.1, 0.15) is 25.7 Å². The monoisotopic (exact) mass is 342 g/mol. The Morgan fingerprint density at radius 2 is 2.00 bits per heavy atom. The quantitative estimate of drug-likeness (QED) is 0.913. The number of amides is 1. The van der Waals surface area contributed by atoms with Crippen molar-refractivity contribution in [3.05, 3.63) is 28.2 Å². The van der Waals surface area contributed by atoms with Gasteiger partial charge in [0, 0.05) is 36.3 Å². The Morgan fingerprint density at radius 3 is 2.68 bits per heavy atom. The van der Waals surface area contributed by atoms with E-state index < -0.39 is 0 Å². The Morgan fingerprint density at radius 1 is 1.32 bits per heavy atom. The van der Waals surface area contributed by atoms with Gasteiger partial charge in [0.2, 0.25) is 0 Å². The molecule has 2 fully saturated rings. The maximum Gasteiger partial charge on any atom is 0.260 e. The second kappa shape index (κ2) is 6.65. The van der Waals surface area contributed by atoms with Crippen molar-refractivity contribution in [2.24, 2.45) is 0 Å². The van der Waals surface area contributed by atoms with Gasteiger partial charge in [-0.25, -0.2) is 0 Å². The van der Waals surface area contributed by atoms with Crippen LogP contribution in [0.25, 0.3) is 0 Å². The molecule has 4 nitrogen and oxygen atoms in total. The van der Waals surface area contributed by atoms with Crippen LogP contribution in [0.2, 0.25) is 10.0 Å². The molecule has 0 aliphatic carbocycles. The summed E-state index contributed by atoms with van der Waals surface area (Å²) in [5.74, 6) is 0.420. The topological polar surface area (TPSA) is 41.6 Å². The Balaban J connectivity index is 1.56. The molecule has 2 bridgehead atoms. The zero-order chi connectivity index (χ0) is 15.7. The minimum atomic E-state index is -0.0256. The first kappa shape index (κ1) is 15.9. The summed E-state index contributed by atoms with van der Waals surface area (Å²) >= 11 is 12.0. The third-order valence-electron chi connectivity index (χ3n) is 4.63. The molecule has 0 spiro atoms. The fraction of sp³-hybridized carbons (Fsp3) is 0.562. The van der Waals surface area contributed by atoms with Gasteiger partial charge in [-0.1, -0.05) is 23.2 Å². The SMILES string of the molecule is CN(C(=O)COc1cc(Cl)ccc1Cl)C1CC2CCC(C1)N2. The highest BCUT2D eigenvalue weighted by Crippen LogP contribution is 2.30. The Kier molecular flexibility index (Phi) is 4.81. The Labute approximate surface area is 140 Å². The molecule has 2 atom stereocenters. The smallest absolute Gasteiger partial charge is 0.260 e. The number of nitrogens with one attached hydrogen (secondary N) is 1. The summed E-state index contributed by atoms with van der Waals surface area (Å²) in [6.07, 6.45) is 4.49. The van der Waals surface area contributed by atoms with Gasteiger partial charge in [-0.05, 0) is 37.8 Å². The van der Waals surface area contributed by atoms with E-state index in [0.717, 1.165) is 12.8 Å². The van der Waals surface area contributed by atoms with Crippen molar-refractivity contribution in [2.75, 3.05) is 13.7 Å². The lowest BCUT2D eigenvalue weighted by Crippen LogP contribution is -2.49. The second-order valence-electron chi connectivity index (χ2n) is 6.13. The van der Waals surface area contributed by atoms with Crippen molar-refractivity contribution >= 4 is 29.1 Å². The van der Waals surface area contributed by atoms with Crippen molar-refractivity contribution in [1.29, 1.82) is 0 Å². The van der Waals surface area contributed by atoms with Gasteiger partial charge < -0.3 is 15.0 Å². The van der Waals surface area contributed by atoms with Gasteiger partial charge in [-0.3, -0.25) is 4.79 Å². The molecule has 1 amide bonds. The average Bonchev–Trinajstić information content (AvgIpc) is 2.85. The molecule has 6 heteroatoms. The number of benzene rings is 1. The largest absolute Gasteiger partial charge is 0.482 e. The highest BCUT2D eigenvalue weighted by molar-refractivity contribution is 6.34. The van der Waals surface area contributed by atoms with E-state index in [4.69, 9.17) is 27.9 Å². The van der Waals surface area contributed by atoms with Gasteiger partial charge >= 0.3 is 0 Å². The highest BCUT2D eigenvalue weighted by Gasteiger charge is 2.36.